The van der Waals surface area contributed by atoms with Crippen LogP contribution in [0.2, 0.25) is 0 Å². The summed E-state index contributed by atoms with van der Waals surface area (Å²) in [4.78, 5) is 21.2. The summed E-state index contributed by atoms with van der Waals surface area (Å²) in [6.07, 6.45) is 5.34. The molecule has 0 unspecified atom stereocenters. The number of nitrogens with one attached hydrogen (secondary N) is 1. The van der Waals surface area contributed by atoms with E-state index in [-0.39, 0.29) is 0 Å². The Hall–Kier alpha value is -3.61. The van der Waals surface area contributed by atoms with E-state index in [0.717, 1.165) is 45.0 Å². The van der Waals surface area contributed by atoms with Crippen LogP contribution in [-0.4, -0.2) is 34.5 Å². The van der Waals surface area contributed by atoms with Crippen LogP contribution in [0.1, 0.15) is 11.4 Å². The predicted molar refractivity (Wildman–Crippen MR) is 98.6 cm³/mol. The molecule has 0 fully saturated rings. The summed E-state index contributed by atoms with van der Waals surface area (Å²) in [6.45, 7) is 3.90. The molecule has 126 valence electrons. The molecule has 0 radical (unpaired) electrons. The zero-order valence-corrected chi connectivity index (χ0v) is 14.3. The number of hydrogen-bond acceptors (Lipinski definition) is 5. The lowest BCUT2D eigenvalue weighted by molar-refractivity contribution is 0.891. The lowest BCUT2D eigenvalue weighted by Gasteiger charge is -1.97. The van der Waals surface area contributed by atoms with E-state index in [0.29, 0.717) is 5.82 Å². The fourth-order valence-electron chi connectivity index (χ4n) is 3.00. The maximum absolute atomic E-state index is 4.69. The van der Waals surface area contributed by atoms with E-state index < -0.39 is 0 Å². The van der Waals surface area contributed by atoms with Crippen LogP contribution in [0.5, 0.6) is 0 Å². The molecule has 0 aliphatic carbocycles. The molecule has 5 rings (SSSR count). The zero-order chi connectivity index (χ0) is 17.7. The second kappa shape index (κ2) is 5.45. The Morgan fingerprint density at radius 3 is 2.73 bits per heavy atom. The molecular weight excluding hydrogens is 326 g/mol. The molecule has 7 heteroatoms. The highest BCUT2D eigenvalue weighted by atomic mass is 15.3. The summed E-state index contributed by atoms with van der Waals surface area (Å²) in [5, 5.41) is 4.63. The molecule has 0 atom stereocenters. The maximum Gasteiger partial charge on any atom is 0.182 e. The van der Waals surface area contributed by atoms with E-state index in [1.54, 1.807) is 18.6 Å². The van der Waals surface area contributed by atoms with E-state index in [2.05, 4.69) is 30.0 Å². The quantitative estimate of drug-likeness (QED) is 0.532. The van der Waals surface area contributed by atoms with Gasteiger partial charge in [0.1, 0.15) is 5.82 Å². The van der Waals surface area contributed by atoms with Crippen LogP contribution in [0.25, 0.3) is 39.5 Å². The summed E-state index contributed by atoms with van der Waals surface area (Å²) < 4.78 is 1.83. The summed E-state index contributed by atoms with van der Waals surface area (Å²) in [5.41, 5.74) is 6.28. The van der Waals surface area contributed by atoms with Crippen molar-refractivity contribution >= 4 is 16.7 Å². The first-order valence-corrected chi connectivity index (χ1v) is 8.28. The monoisotopic (exact) mass is 341 g/mol. The van der Waals surface area contributed by atoms with Gasteiger partial charge in [0.05, 0.1) is 22.4 Å². The zero-order valence-electron chi connectivity index (χ0n) is 14.3. The third-order valence-corrected chi connectivity index (χ3v) is 4.39. The molecule has 1 N–H and O–H groups in total. The number of aryl methyl sites for hydroxylation is 2. The third-order valence-electron chi connectivity index (χ3n) is 4.39. The summed E-state index contributed by atoms with van der Waals surface area (Å²) in [7, 11) is 0. The van der Waals surface area contributed by atoms with Gasteiger partial charge in [-0.25, -0.2) is 14.5 Å². The van der Waals surface area contributed by atoms with Crippen molar-refractivity contribution in [1.82, 2.24) is 34.5 Å². The highest BCUT2D eigenvalue weighted by Crippen LogP contribution is 2.25. The second-order valence-corrected chi connectivity index (χ2v) is 6.21. The number of fused-ring (bicyclic) bond motifs is 2. The number of benzene rings is 1. The normalized spacial score (nSPS) is 11.5. The first-order valence-electron chi connectivity index (χ1n) is 8.28. The molecule has 7 nitrogen and oxygen atoms in total. The van der Waals surface area contributed by atoms with Crippen molar-refractivity contribution < 1.29 is 0 Å². The fourth-order valence-corrected chi connectivity index (χ4v) is 3.00. The van der Waals surface area contributed by atoms with E-state index in [1.165, 1.54) is 0 Å². The van der Waals surface area contributed by atoms with Crippen LogP contribution in [0.4, 0.5) is 0 Å². The molecular formula is C19H15N7. The van der Waals surface area contributed by atoms with Crippen molar-refractivity contribution in [2.45, 2.75) is 13.8 Å². The van der Waals surface area contributed by atoms with Crippen LogP contribution in [-0.2, 0) is 0 Å². The van der Waals surface area contributed by atoms with Crippen molar-refractivity contribution in [2.24, 2.45) is 0 Å². The lowest BCUT2D eigenvalue weighted by atomic mass is 10.2. The van der Waals surface area contributed by atoms with Gasteiger partial charge < -0.3 is 4.98 Å². The average molecular weight is 341 g/mol. The highest BCUT2D eigenvalue weighted by Gasteiger charge is 2.12. The minimum Gasteiger partial charge on any atom is -0.338 e. The lowest BCUT2D eigenvalue weighted by Crippen LogP contribution is -1.97. The van der Waals surface area contributed by atoms with E-state index in [4.69, 9.17) is 0 Å². The van der Waals surface area contributed by atoms with Gasteiger partial charge in [0.15, 0.2) is 11.5 Å². The molecule has 0 aliphatic heterocycles. The van der Waals surface area contributed by atoms with Gasteiger partial charge >= 0.3 is 0 Å². The number of nitrogens with zero attached hydrogens (tertiary/aromatic N) is 6. The summed E-state index contributed by atoms with van der Waals surface area (Å²) in [5.74, 6) is 1.46. The Kier molecular flexibility index (Phi) is 3.08. The minimum atomic E-state index is 0.664. The molecule has 0 spiro atoms. The molecule has 26 heavy (non-hydrogen) atoms. The molecule has 1 aromatic carbocycles. The SMILES string of the molecule is Cc1ncc(C)n2nc(-c3ccc4[nH]c(-c5cccnc5)nc4c3)nc12. The van der Waals surface area contributed by atoms with Crippen molar-refractivity contribution in [3.63, 3.8) is 0 Å². The van der Waals surface area contributed by atoms with Crippen molar-refractivity contribution in [2.75, 3.05) is 0 Å². The van der Waals surface area contributed by atoms with Crippen molar-refractivity contribution in [1.29, 1.82) is 0 Å². The average Bonchev–Trinajstić information content (AvgIpc) is 3.30. The number of aromatic amines is 1. The predicted octanol–water partition coefficient (Wildman–Crippen LogP) is 3.35. The van der Waals surface area contributed by atoms with Crippen LogP contribution in [0.3, 0.4) is 0 Å². The molecule has 0 saturated carbocycles. The Labute approximate surface area is 148 Å². The van der Waals surface area contributed by atoms with Gasteiger partial charge in [0.25, 0.3) is 0 Å². The Morgan fingerprint density at radius 2 is 1.92 bits per heavy atom. The van der Waals surface area contributed by atoms with Crippen LogP contribution in [0, 0.1) is 13.8 Å². The number of rotatable bonds is 2. The molecule has 0 amide bonds. The number of aromatic nitrogens is 7. The number of hydrogen-bond donors (Lipinski definition) is 1. The van der Waals surface area contributed by atoms with Gasteiger partial charge in [-0.05, 0) is 44.2 Å². The molecule has 5 aromatic rings. The van der Waals surface area contributed by atoms with Crippen LogP contribution >= 0.6 is 0 Å². The number of pyridine rings is 1. The third kappa shape index (κ3) is 2.25. The van der Waals surface area contributed by atoms with Gasteiger partial charge in [-0.15, -0.1) is 5.10 Å². The minimum absolute atomic E-state index is 0.664. The summed E-state index contributed by atoms with van der Waals surface area (Å²) in [6, 6.07) is 9.88. The van der Waals surface area contributed by atoms with E-state index >= 15 is 0 Å². The molecule has 0 saturated heterocycles. The fraction of sp³-hybridized carbons (Fsp3) is 0.105. The van der Waals surface area contributed by atoms with Gasteiger partial charge in [0, 0.05) is 29.7 Å². The van der Waals surface area contributed by atoms with Gasteiger partial charge in [-0.2, -0.15) is 0 Å². The largest absolute Gasteiger partial charge is 0.338 e. The number of H-pyrrole nitrogens is 1. The Balaban J connectivity index is 1.64. The Bertz CT molecular complexity index is 1210. The van der Waals surface area contributed by atoms with Crippen LogP contribution in [0.15, 0.2) is 48.9 Å². The Morgan fingerprint density at radius 1 is 1.00 bits per heavy atom. The standard InChI is InChI=1S/C19H15N7/c1-11-9-21-12(2)19-24-18(25-26(11)19)13-5-6-15-16(8-13)23-17(22-15)14-4-3-7-20-10-14/h3-10H,1-2H3,(H,22,23). The first-order chi connectivity index (χ1) is 12.7. The molecule has 4 heterocycles. The first kappa shape index (κ1) is 14.7. The van der Waals surface area contributed by atoms with E-state index in [1.807, 2.05) is 48.7 Å². The molecule has 0 bridgehead atoms. The van der Waals surface area contributed by atoms with Gasteiger partial charge in [-0.1, -0.05) is 0 Å². The molecule has 4 aromatic heterocycles. The van der Waals surface area contributed by atoms with Crippen molar-refractivity contribution in [3.8, 4) is 22.8 Å². The second-order valence-electron chi connectivity index (χ2n) is 6.21. The smallest absolute Gasteiger partial charge is 0.182 e. The van der Waals surface area contributed by atoms with Gasteiger partial charge in [-0.3, -0.25) is 9.97 Å². The molecule has 0 aliphatic rings. The van der Waals surface area contributed by atoms with E-state index in [9.17, 15) is 0 Å². The number of imidazole rings is 1. The van der Waals surface area contributed by atoms with Crippen LogP contribution < -0.4 is 0 Å². The maximum atomic E-state index is 4.69. The highest BCUT2D eigenvalue weighted by molar-refractivity contribution is 5.83. The summed E-state index contributed by atoms with van der Waals surface area (Å²) >= 11 is 0. The topological polar surface area (TPSA) is 84.7 Å². The van der Waals surface area contributed by atoms with Gasteiger partial charge in [0.2, 0.25) is 0 Å². The van der Waals surface area contributed by atoms with Crippen molar-refractivity contribution in [3.05, 3.63) is 60.3 Å².